The van der Waals surface area contributed by atoms with E-state index in [0.717, 1.165) is 24.4 Å². The van der Waals surface area contributed by atoms with Crippen LogP contribution in [0.4, 0.5) is 4.39 Å². The van der Waals surface area contributed by atoms with Crippen LogP contribution < -0.4 is 10.6 Å². The van der Waals surface area contributed by atoms with Gasteiger partial charge in [-0.1, -0.05) is 24.3 Å². The first kappa shape index (κ1) is 18.8. The monoisotopic (exact) mass is 396 g/mol. The second kappa shape index (κ2) is 6.96. The fraction of sp³-hybridized carbons (Fsp3) is 0.583. The van der Waals surface area contributed by atoms with Crippen LogP contribution in [-0.4, -0.2) is 23.9 Å². The number of hydrogen-bond acceptors (Lipinski definition) is 2. The first-order chi connectivity index (χ1) is 14.0. The fourth-order valence-corrected chi connectivity index (χ4v) is 6.22. The Balaban J connectivity index is 1.15. The maximum absolute atomic E-state index is 13.2. The van der Waals surface area contributed by atoms with Crippen LogP contribution >= 0.6 is 0 Å². The van der Waals surface area contributed by atoms with Crippen LogP contribution in [-0.2, 0) is 16.0 Å². The summed E-state index contributed by atoms with van der Waals surface area (Å²) in [6.07, 6.45) is 11.6. The molecule has 2 bridgehead atoms. The predicted molar refractivity (Wildman–Crippen MR) is 108 cm³/mol. The van der Waals surface area contributed by atoms with E-state index >= 15 is 0 Å². The maximum Gasteiger partial charge on any atom is 0.220 e. The summed E-state index contributed by atoms with van der Waals surface area (Å²) in [5.41, 5.74) is 1.14. The lowest BCUT2D eigenvalue weighted by molar-refractivity contribution is -0.123. The maximum atomic E-state index is 13.2. The highest BCUT2D eigenvalue weighted by Gasteiger charge is 2.62. The molecular formula is C24H29FN2O2. The van der Waals surface area contributed by atoms with Crippen LogP contribution in [0, 0.1) is 29.0 Å². The van der Waals surface area contributed by atoms with Crippen molar-refractivity contribution in [2.45, 2.75) is 56.9 Å². The van der Waals surface area contributed by atoms with Gasteiger partial charge < -0.3 is 10.6 Å². The highest BCUT2D eigenvalue weighted by Crippen LogP contribution is 2.69. The third-order valence-corrected chi connectivity index (χ3v) is 7.93. The molecule has 5 heteroatoms. The summed E-state index contributed by atoms with van der Waals surface area (Å²) in [6, 6.07) is 6.42. The minimum absolute atomic E-state index is 0.0380. The lowest BCUT2D eigenvalue weighted by Gasteiger charge is -2.29. The highest BCUT2D eigenvalue weighted by molar-refractivity contribution is 5.80. The lowest BCUT2D eigenvalue weighted by Crippen LogP contribution is -2.44. The first-order valence-corrected chi connectivity index (χ1v) is 11.0. The van der Waals surface area contributed by atoms with Crippen molar-refractivity contribution in [1.82, 2.24) is 10.6 Å². The number of benzene rings is 1. The van der Waals surface area contributed by atoms with Crippen LogP contribution in [0.15, 0.2) is 36.4 Å². The largest absolute Gasteiger partial charge is 0.356 e. The van der Waals surface area contributed by atoms with E-state index in [0.29, 0.717) is 42.9 Å². The van der Waals surface area contributed by atoms with Gasteiger partial charge in [-0.25, -0.2) is 4.39 Å². The summed E-state index contributed by atoms with van der Waals surface area (Å²) in [5.74, 6) is 1.82. The van der Waals surface area contributed by atoms with Crippen molar-refractivity contribution in [3.8, 4) is 0 Å². The van der Waals surface area contributed by atoms with Gasteiger partial charge in [-0.15, -0.1) is 0 Å². The van der Waals surface area contributed by atoms with Gasteiger partial charge in [0, 0.05) is 24.9 Å². The first-order valence-electron chi connectivity index (χ1n) is 11.0. The molecule has 3 aliphatic carbocycles. The quantitative estimate of drug-likeness (QED) is 0.693. The van der Waals surface area contributed by atoms with E-state index in [-0.39, 0.29) is 17.6 Å². The third-order valence-electron chi connectivity index (χ3n) is 7.93. The van der Waals surface area contributed by atoms with Crippen molar-refractivity contribution in [2.75, 3.05) is 6.54 Å². The summed E-state index contributed by atoms with van der Waals surface area (Å²) in [7, 11) is 0. The Hall–Kier alpha value is -2.17. The van der Waals surface area contributed by atoms with E-state index in [4.69, 9.17) is 0 Å². The van der Waals surface area contributed by atoms with Crippen molar-refractivity contribution < 1.29 is 14.0 Å². The molecule has 4 atom stereocenters. The fourth-order valence-electron chi connectivity index (χ4n) is 6.22. The molecule has 1 aromatic carbocycles. The van der Waals surface area contributed by atoms with Crippen LogP contribution in [0.25, 0.3) is 0 Å². The van der Waals surface area contributed by atoms with Crippen molar-refractivity contribution in [1.29, 1.82) is 0 Å². The smallest absolute Gasteiger partial charge is 0.220 e. The number of amides is 2. The number of rotatable bonds is 7. The van der Waals surface area contributed by atoms with Gasteiger partial charge in [-0.2, -0.15) is 0 Å². The summed E-state index contributed by atoms with van der Waals surface area (Å²) in [6.45, 7) is 0.767. The zero-order valence-corrected chi connectivity index (χ0v) is 16.8. The molecule has 3 fully saturated rings. The molecule has 2 N–H and O–H groups in total. The molecule has 4 aliphatic rings. The Bertz CT molecular complexity index is 845. The molecule has 1 aromatic rings. The molecule has 1 saturated heterocycles. The minimum Gasteiger partial charge on any atom is -0.356 e. The van der Waals surface area contributed by atoms with E-state index in [9.17, 15) is 14.0 Å². The molecule has 29 heavy (non-hydrogen) atoms. The highest BCUT2D eigenvalue weighted by atomic mass is 19.1. The van der Waals surface area contributed by atoms with Gasteiger partial charge in [0.25, 0.3) is 0 Å². The molecule has 4 nitrogen and oxygen atoms in total. The normalized spacial score (nSPS) is 33.3. The number of hydrogen-bond donors (Lipinski definition) is 2. The van der Waals surface area contributed by atoms with Gasteiger partial charge >= 0.3 is 0 Å². The van der Waals surface area contributed by atoms with Crippen molar-refractivity contribution in [3.63, 3.8) is 0 Å². The standard InChI is InChI=1S/C24H29FN2O2/c25-19-4-1-16(2-5-19)14-23(10-8-22(29)27-23)9-7-21(28)26-15-17-13-18-3-6-20(17)24(18)11-12-24/h1-6,17-18,20H,7-15H2,(H,26,28)(H,27,29)/t17-,18-,20-,23+/m0/s1. The molecule has 1 spiro atoms. The van der Waals surface area contributed by atoms with E-state index < -0.39 is 5.54 Å². The van der Waals surface area contributed by atoms with Crippen LogP contribution in [0.1, 0.15) is 50.5 Å². The molecule has 2 amide bonds. The minimum atomic E-state index is -0.403. The van der Waals surface area contributed by atoms with E-state index in [1.165, 1.54) is 31.4 Å². The number of carbonyl (C=O) groups is 2. The molecular weight excluding hydrogens is 367 g/mol. The number of halogens is 1. The van der Waals surface area contributed by atoms with Crippen LogP contribution in [0.3, 0.4) is 0 Å². The third kappa shape index (κ3) is 3.49. The Kier molecular flexibility index (Phi) is 4.52. The molecule has 2 saturated carbocycles. The average Bonchev–Trinajstić information content (AvgIpc) is 3.24. The molecule has 0 unspecified atom stereocenters. The van der Waals surface area contributed by atoms with Gasteiger partial charge in [-0.3, -0.25) is 9.59 Å². The summed E-state index contributed by atoms with van der Waals surface area (Å²) in [4.78, 5) is 24.5. The Morgan fingerprint density at radius 3 is 2.62 bits per heavy atom. The Morgan fingerprint density at radius 1 is 1.17 bits per heavy atom. The van der Waals surface area contributed by atoms with Gasteiger partial charge in [0.2, 0.25) is 11.8 Å². The van der Waals surface area contributed by atoms with Crippen molar-refractivity contribution in [2.24, 2.45) is 23.2 Å². The Morgan fingerprint density at radius 2 is 1.97 bits per heavy atom. The molecule has 1 heterocycles. The van der Waals surface area contributed by atoms with Crippen LogP contribution in [0.5, 0.6) is 0 Å². The molecule has 0 aromatic heterocycles. The number of carbonyl (C=O) groups excluding carboxylic acids is 2. The van der Waals surface area contributed by atoms with Gasteiger partial charge in [-0.05, 0) is 79.4 Å². The predicted octanol–water partition coefficient (Wildman–Crippen LogP) is 3.52. The summed E-state index contributed by atoms with van der Waals surface area (Å²) >= 11 is 0. The van der Waals surface area contributed by atoms with Crippen molar-refractivity contribution >= 4 is 11.8 Å². The molecule has 154 valence electrons. The molecule has 0 radical (unpaired) electrons. The Labute approximate surface area is 171 Å². The van der Waals surface area contributed by atoms with Crippen LogP contribution in [0.2, 0.25) is 0 Å². The second-order valence-electron chi connectivity index (χ2n) is 9.68. The number of allylic oxidation sites excluding steroid dienone is 2. The average molecular weight is 397 g/mol. The van der Waals surface area contributed by atoms with Gasteiger partial charge in [0.1, 0.15) is 5.82 Å². The topological polar surface area (TPSA) is 58.2 Å². The van der Waals surface area contributed by atoms with Gasteiger partial charge in [0.05, 0.1) is 0 Å². The zero-order valence-electron chi connectivity index (χ0n) is 16.8. The lowest BCUT2D eigenvalue weighted by atomic mass is 9.85. The molecule has 5 rings (SSSR count). The summed E-state index contributed by atoms with van der Waals surface area (Å²) < 4.78 is 13.2. The van der Waals surface area contributed by atoms with E-state index in [1.807, 2.05) is 0 Å². The van der Waals surface area contributed by atoms with E-state index in [1.54, 1.807) is 12.1 Å². The number of nitrogens with one attached hydrogen (secondary N) is 2. The summed E-state index contributed by atoms with van der Waals surface area (Å²) in [5, 5.41) is 6.27. The van der Waals surface area contributed by atoms with Gasteiger partial charge in [0.15, 0.2) is 0 Å². The van der Waals surface area contributed by atoms with E-state index in [2.05, 4.69) is 22.8 Å². The second-order valence-corrected chi connectivity index (χ2v) is 9.68. The molecule has 1 aliphatic heterocycles. The zero-order chi connectivity index (χ0) is 20.1. The van der Waals surface area contributed by atoms with Crippen molar-refractivity contribution in [3.05, 3.63) is 47.8 Å². The SMILES string of the molecule is O=C(CC[C@]1(Cc2ccc(F)cc2)CCC(=O)N1)NC[C@@H]1C[C@@H]2C=C[C@@H]1C21CC1.